The molecule has 1 rings (SSSR count). The number of carbonyl (C=O) groups is 1. The SMILES string of the molecule is COc1ccc(OCCCNC(=O)CBr)cc1. The molecular weight excluding hydrogens is 286 g/mol. The molecule has 1 aromatic rings. The van der Waals surface area contributed by atoms with Crippen molar-refractivity contribution in [1.82, 2.24) is 5.32 Å². The van der Waals surface area contributed by atoms with Crippen molar-refractivity contribution in [3.05, 3.63) is 24.3 Å². The Hall–Kier alpha value is -1.23. The predicted molar refractivity (Wildman–Crippen MR) is 69.9 cm³/mol. The average molecular weight is 302 g/mol. The Bertz CT molecular complexity index is 340. The number of halogens is 1. The molecule has 0 radical (unpaired) electrons. The van der Waals surface area contributed by atoms with Crippen LogP contribution < -0.4 is 14.8 Å². The first-order valence-corrected chi connectivity index (χ1v) is 6.48. The van der Waals surface area contributed by atoms with Gasteiger partial charge in [0.2, 0.25) is 5.91 Å². The number of amides is 1. The van der Waals surface area contributed by atoms with E-state index in [4.69, 9.17) is 9.47 Å². The molecule has 0 aliphatic carbocycles. The molecule has 0 saturated carbocycles. The first kappa shape index (κ1) is 13.8. The molecule has 0 spiro atoms. The lowest BCUT2D eigenvalue weighted by atomic mass is 10.3. The second-order valence-corrected chi connectivity index (χ2v) is 3.92. The summed E-state index contributed by atoms with van der Waals surface area (Å²) in [7, 11) is 1.63. The Labute approximate surface area is 109 Å². The van der Waals surface area contributed by atoms with Gasteiger partial charge in [0.15, 0.2) is 0 Å². The van der Waals surface area contributed by atoms with Gasteiger partial charge in [0.05, 0.1) is 19.0 Å². The average Bonchev–Trinajstić information content (AvgIpc) is 2.38. The first-order valence-electron chi connectivity index (χ1n) is 5.36. The summed E-state index contributed by atoms with van der Waals surface area (Å²) in [5.41, 5.74) is 0. The van der Waals surface area contributed by atoms with Crippen LogP contribution >= 0.6 is 15.9 Å². The van der Waals surface area contributed by atoms with Gasteiger partial charge in [-0.05, 0) is 30.7 Å². The van der Waals surface area contributed by atoms with Gasteiger partial charge in [-0.2, -0.15) is 0 Å². The van der Waals surface area contributed by atoms with E-state index < -0.39 is 0 Å². The van der Waals surface area contributed by atoms with Crippen molar-refractivity contribution in [2.75, 3.05) is 25.6 Å². The number of hydrogen-bond acceptors (Lipinski definition) is 3. The van der Waals surface area contributed by atoms with Gasteiger partial charge >= 0.3 is 0 Å². The van der Waals surface area contributed by atoms with E-state index in [2.05, 4.69) is 21.2 Å². The number of benzene rings is 1. The molecule has 4 nitrogen and oxygen atoms in total. The number of nitrogens with one attached hydrogen (secondary N) is 1. The van der Waals surface area contributed by atoms with Crippen LogP contribution in [-0.4, -0.2) is 31.5 Å². The van der Waals surface area contributed by atoms with Gasteiger partial charge in [-0.25, -0.2) is 0 Å². The Morgan fingerprint density at radius 3 is 2.53 bits per heavy atom. The molecule has 0 unspecified atom stereocenters. The van der Waals surface area contributed by atoms with E-state index >= 15 is 0 Å². The highest BCUT2D eigenvalue weighted by molar-refractivity contribution is 9.09. The Morgan fingerprint density at radius 2 is 1.94 bits per heavy atom. The summed E-state index contributed by atoms with van der Waals surface area (Å²) in [6, 6.07) is 7.41. The molecule has 1 N–H and O–H groups in total. The fourth-order valence-corrected chi connectivity index (χ4v) is 1.41. The van der Waals surface area contributed by atoms with E-state index in [0.717, 1.165) is 17.9 Å². The van der Waals surface area contributed by atoms with Gasteiger partial charge in [-0.3, -0.25) is 4.79 Å². The number of ether oxygens (including phenoxy) is 2. The summed E-state index contributed by atoms with van der Waals surface area (Å²) in [5, 5.41) is 3.09. The summed E-state index contributed by atoms with van der Waals surface area (Å²) >= 11 is 3.08. The van der Waals surface area contributed by atoms with Crippen LogP contribution in [0.5, 0.6) is 11.5 Å². The molecule has 1 aromatic carbocycles. The van der Waals surface area contributed by atoms with E-state index in [1.807, 2.05) is 24.3 Å². The second kappa shape index (κ2) is 7.95. The van der Waals surface area contributed by atoms with Crippen LogP contribution in [0.2, 0.25) is 0 Å². The maximum absolute atomic E-state index is 10.9. The topological polar surface area (TPSA) is 47.6 Å². The summed E-state index contributed by atoms with van der Waals surface area (Å²) < 4.78 is 10.5. The summed E-state index contributed by atoms with van der Waals surface area (Å²) in [5.74, 6) is 1.61. The van der Waals surface area contributed by atoms with Crippen LogP contribution in [-0.2, 0) is 4.79 Å². The van der Waals surface area contributed by atoms with Crippen molar-refractivity contribution in [1.29, 1.82) is 0 Å². The van der Waals surface area contributed by atoms with Crippen molar-refractivity contribution < 1.29 is 14.3 Å². The van der Waals surface area contributed by atoms with Gasteiger partial charge in [0, 0.05) is 6.54 Å². The summed E-state index contributed by atoms with van der Waals surface area (Å²) in [6.07, 6.45) is 0.783. The largest absolute Gasteiger partial charge is 0.497 e. The van der Waals surface area contributed by atoms with E-state index in [0.29, 0.717) is 18.5 Å². The lowest BCUT2D eigenvalue weighted by Crippen LogP contribution is -2.26. The lowest BCUT2D eigenvalue weighted by Gasteiger charge is -2.07. The molecule has 0 fully saturated rings. The molecule has 5 heteroatoms. The van der Waals surface area contributed by atoms with Crippen LogP contribution in [0, 0.1) is 0 Å². The highest BCUT2D eigenvalue weighted by Crippen LogP contribution is 2.16. The Balaban J connectivity index is 2.15. The van der Waals surface area contributed by atoms with Crippen LogP contribution in [0.25, 0.3) is 0 Å². The molecule has 0 aromatic heterocycles. The zero-order valence-corrected chi connectivity index (χ0v) is 11.3. The molecule has 1 amide bonds. The molecule has 0 bridgehead atoms. The van der Waals surface area contributed by atoms with E-state index in [9.17, 15) is 4.79 Å². The van der Waals surface area contributed by atoms with Gasteiger partial charge in [0.1, 0.15) is 11.5 Å². The normalized spacial score (nSPS) is 9.76. The van der Waals surface area contributed by atoms with Crippen LogP contribution in [0.15, 0.2) is 24.3 Å². The van der Waals surface area contributed by atoms with Crippen LogP contribution in [0.1, 0.15) is 6.42 Å². The maximum atomic E-state index is 10.9. The van der Waals surface area contributed by atoms with Crippen molar-refractivity contribution >= 4 is 21.8 Å². The minimum atomic E-state index is -0.00514. The lowest BCUT2D eigenvalue weighted by molar-refractivity contribution is -0.118. The number of rotatable bonds is 7. The zero-order chi connectivity index (χ0) is 12.5. The third-order valence-electron chi connectivity index (χ3n) is 2.09. The molecule has 0 saturated heterocycles. The zero-order valence-electron chi connectivity index (χ0n) is 9.74. The summed E-state index contributed by atoms with van der Waals surface area (Å²) in [6.45, 7) is 1.20. The van der Waals surface area contributed by atoms with Crippen LogP contribution in [0.4, 0.5) is 0 Å². The van der Waals surface area contributed by atoms with E-state index in [1.54, 1.807) is 7.11 Å². The van der Waals surface area contributed by atoms with Crippen molar-refractivity contribution in [2.24, 2.45) is 0 Å². The fourth-order valence-electron chi connectivity index (χ4n) is 1.21. The third kappa shape index (κ3) is 5.58. The number of carbonyl (C=O) groups excluding carboxylic acids is 1. The van der Waals surface area contributed by atoms with E-state index in [-0.39, 0.29) is 5.91 Å². The standard InChI is InChI=1S/C12H16BrNO3/c1-16-10-3-5-11(6-4-10)17-8-2-7-14-12(15)9-13/h3-6H,2,7-9H2,1H3,(H,14,15). The number of methoxy groups -OCH3 is 1. The Kier molecular flexibility index (Phi) is 6.47. The maximum Gasteiger partial charge on any atom is 0.230 e. The van der Waals surface area contributed by atoms with Gasteiger partial charge < -0.3 is 14.8 Å². The minimum Gasteiger partial charge on any atom is -0.497 e. The Morgan fingerprint density at radius 1 is 1.29 bits per heavy atom. The molecule has 0 atom stereocenters. The van der Waals surface area contributed by atoms with Gasteiger partial charge in [-0.15, -0.1) is 0 Å². The molecule has 94 valence electrons. The molecular formula is C12H16BrNO3. The smallest absolute Gasteiger partial charge is 0.230 e. The highest BCUT2D eigenvalue weighted by Gasteiger charge is 1.97. The van der Waals surface area contributed by atoms with Crippen molar-refractivity contribution in [2.45, 2.75) is 6.42 Å². The molecule has 0 heterocycles. The van der Waals surface area contributed by atoms with E-state index in [1.165, 1.54) is 0 Å². The molecule has 17 heavy (non-hydrogen) atoms. The summed E-state index contributed by atoms with van der Waals surface area (Å²) in [4.78, 5) is 10.9. The quantitative estimate of drug-likeness (QED) is 0.619. The predicted octanol–water partition coefficient (Wildman–Crippen LogP) is 1.98. The van der Waals surface area contributed by atoms with Crippen LogP contribution in [0.3, 0.4) is 0 Å². The fraction of sp³-hybridized carbons (Fsp3) is 0.417. The minimum absolute atomic E-state index is 0.00514. The first-order chi connectivity index (χ1) is 8.26. The second-order valence-electron chi connectivity index (χ2n) is 3.36. The number of hydrogen-bond donors (Lipinski definition) is 1. The molecule has 0 aliphatic heterocycles. The van der Waals surface area contributed by atoms with Crippen molar-refractivity contribution in [3.63, 3.8) is 0 Å². The monoisotopic (exact) mass is 301 g/mol. The third-order valence-corrected chi connectivity index (χ3v) is 2.60. The molecule has 0 aliphatic rings. The number of alkyl halides is 1. The van der Waals surface area contributed by atoms with Crippen molar-refractivity contribution in [3.8, 4) is 11.5 Å². The van der Waals surface area contributed by atoms with Gasteiger partial charge in [0.25, 0.3) is 0 Å². The van der Waals surface area contributed by atoms with Gasteiger partial charge in [-0.1, -0.05) is 15.9 Å². The highest BCUT2D eigenvalue weighted by atomic mass is 79.9.